The van der Waals surface area contributed by atoms with E-state index in [2.05, 4.69) is 58.9 Å². The molecule has 1 aliphatic carbocycles. The summed E-state index contributed by atoms with van der Waals surface area (Å²) in [5.41, 5.74) is 3.03. The van der Waals surface area contributed by atoms with Crippen LogP contribution in [0.15, 0.2) is 28.7 Å². The molecular weight excluding hydrogens is 238 g/mol. The summed E-state index contributed by atoms with van der Waals surface area (Å²) in [5, 5.41) is 0. The topological polar surface area (TPSA) is 3.01 Å². The highest BCUT2D eigenvalue weighted by Crippen LogP contribution is 2.35. The van der Waals surface area contributed by atoms with Crippen molar-refractivity contribution in [1.82, 2.24) is 0 Å². The predicted octanol–water partition coefficient (Wildman–Crippen LogP) is 3.04. The van der Waals surface area contributed by atoms with Gasteiger partial charge in [-0.3, -0.25) is 0 Å². The second-order valence-corrected chi connectivity index (χ2v) is 5.04. The highest BCUT2D eigenvalue weighted by Gasteiger charge is 2.31. The summed E-state index contributed by atoms with van der Waals surface area (Å²) in [5.74, 6) is 0.741. The van der Waals surface area contributed by atoms with Crippen molar-refractivity contribution < 1.29 is 4.58 Å². The fourth-order valence-corrected chi connectivity index (χ4v) is 2.29. The highest BCUT2D eigenvalue weighted by molar-refractivity contribution is 9.10. The van der Waals surface area contributed by atoms with Crippen LogP contribution in [0.2, 0.25) is 0 Å². The minimum atomic E-state index is 0.741. The summed E-state index contributed by atoms with van der Waals surface area (Å²) in [7, 11) is 4.26. The van der Waals surface area contributed by atoms with Crippen molar-refractivity contribution in [2.45, 2.75) is 18.8 Å². The van der Waals surface area contributed by atoms with Gasteiger partial charge in [0.1, 0.15) is 14.1 Å². The van der Waals surface area contributed by atoms with Crippen LogP contribution in [-0.4, -0.2) is 24.4 Å². The lowest BCUT2D eigenvalue weighted by Gasteiger charge is -2.25. The number of halogens is 1. The van der Waals surface area contributed by atoms with Crippen LogP contribution in [-0.2, 0) is 0 Å². The van der Waals surface area contributed by atoms with E-state index in [4.69, 9.17) is 0 Å². The maximum Gasteiger partial charge on any atom is 0.153 e. The lowest BCUT2D eigenvalue weighted by molar-refractivity contribution is -0.469. The molecule has 14 heavy (non-hydrogen) atoms. The van der Waals surface area contributed by atoms with Gasteiger partial charge < -0.3 is 0 Å². The molecule has 1 aromatic carbocycles. The molecule has 0 radical (unpaired) electrons. The summed E-state index contributed by atoms with van der Waals surface area (Å²) in [6.45, 7) is 0. The second kappa shape index (κ2) is 3.85. The fraction of sp³-hybridized carbons (Fsp3) is 0.417. The molecule has 1 nitrogen and oxygen atoms in total. The van der Waals surface area contributed by atoms with Gasteiger partial charge in [-0.05, 0) is 17.7 Å². The molecule has 0 aromatic heterocycles. The summed E-state index contributed by atoms with van der Waals surface area (Å²) < 4.78 is 3.43. The van der Waals surface area contributed by atoms with E-state index in [9.17, 15) is 0 Å². The Labute approximate surface area is 93.6 Å². The van der Waals surface area contributed by atoms with Gasteiger partial charge in [-0.1, -0.05) is 28.1 Å². The SMILES string of the molecule is C[N+](C)=C1CC(c2cccc(Br)c2)C1. The van der Waals surface area contributed by atoms with Crippen LogP contribution in [0.4, 0.5) is 0 Å². The van der Waals surface area contributed by atoms with Crippen LogP contribution in [0.3, 0.4) is 0 Å². The van der Waals surface area contributed by atoms with E-state index in [-0.39, 0.29) is 0 Å². The van der Waals surface area contributed by atoms with Crippen LogP contribution in [0.25, 0.3) is 0 Å². The van der Waals surface area contributed by atoms with Crippen molar-refractivity contribution in [2.75, 3.05) is 14.1 Å². The molecule has 1 aromatic rings. The van der Waals surface area contributed by atoms with E-state index in [1.165, 1.54) is 22.9 Å². The van der Waals surface area contributed by atoms with Gasteiger partial charge >= 0.3 is 0 Å². The molecule has 0 N–H and O–H groups in total. The lowest BCUT2D eigenvalue weighted by atomic mass is 9.78. The third-order valence-electron chi connectivity index (χ3n) is 2.92. The largest absolute Gasteiger partial charge is 0.242 e. The predicted molar refractivity (Wildman–Crippen MR) is 63.2 cm³/mol. The molecule has 1 saturated carbocycles. The van der Waals surface area contributed by atoms with Crippen molar-refractivity contribution in [3.8, 4) is 0 Å². The van der Waals surface area contributed by atoms with Gasteiger partial charge in [-0.15, -0.1) is 0 Å². The molecule has 0 aliphatic heterocycles. The average Bonchev–Trinajstić information content (AvgIpc) is 2.00. The Morgan fingerprint density at radius 2 is 2.00 bits per heavy atom. The highest BCUT2D eigenvalue weighted by atomic mass is 79.9. The van der Waals surface area contributed by atoms with E-state index in [1.807, 2.05) is 0 Å². The van der Waals surface area contributed by atoms with Gasteiger partial charge in [0.25, 0.3) is 0 Å². The summed E-state index contributed by atoms with van der Waals surface area (Å²) in [6.07, 6.45) is 2.45. The van der Waals surface area contributed by atoms with Crippen molar-refractivity contribution in [3.05, 3.63) is 34.3 Å². The van der Waals surface area contributed by atoms with E-state index in [0.29, 0.717) is 0 Å². The first kappa shape index (κ1) is 9.91. The minimum Gasteiger partial charge on any atom is -0.242 e. The zero-order valence-corrected chi connectivity index (χ0v) is 10.2. The normalized spacial score (nSPS) is 20.5. The summed E-state index contributed by atoms with van der Waals surface area (Å²) in [4.78, 5) is 0. The van der Waals surface area contributed by atoms with Gasteiger partial charge in [0.15, 0.2) is 5.71 Å². The first-order valence-electron chi connectivity index (χ1n) is 4.94. The molecule has 2 rings (SSSR count). The lowest BCUT2D eigenvalue weighted by Crippen LogP contribution is -2.28. The van der Waals surface area contributed by atoms with Crippen molar-refractivity contribution in [1.29, 1.82) is 0 Å². The molecule has 0 heterocycles. The Kier molecular flexibility index (Phi) is 2.73. The molecular formula is C12H15BrN+. The molecule has 0 spiro atoms. The number of nitrogens with zero attached hydrogens (tertiary/aromatic N) is 1. The second-order valence-electron chi connectivity index (χ2n) is 4.12. The van der Waals surface area contributed by atoms with Crippen LogP contribution < -0.4 is 0 Å². The summed E-state index contributed by atoms with van der Waals surface area (Å²) in [6, 6.07) is 8.66. The van der Waals surface area contributed by atoms with Gasteiger partial charge in [-0.2, -0.15) is 0 Å². The summed E-state index contributed by atoms with van der Waals surface area (Å²) >= 11 is 3.51. The number of hydrogen-bond donors (Lipinski definition) is 0. The first-order chi connectivity index (χ1) is 6.66. The van der Waals surface area contributed by atoms with Gasteiger partial charge in [0.2, 0.25) is 0 Å². The van der Waals surface area contributed by atoms with Crippen LogP contribution in [0, 0.1) is 0 Å². The van der Waals surface area contributed by atoms with Crippen LogP contribution in [0.1, 0.15) is 24.3 Å². The smallest absolute Gasteiger partial charge is 0.153 e. The van der Waals surface area contributed by atoms with E-state index < -0.39 is 0 Å². The monoisotopic (exact) mass is 252 g/mol. The standard InChI is InChI=1S/C12H15BrN/c1-14(2)12-7-10(8-12)9-4-3-5-11(13)6-9/h3-6,10H,7-8H2,1-2H3/q+1. The maximum atomic E-state index is 3.51. The molecule has 2 heteroatoms. The minimum absolute atomic E-state index is 0.741. The fourth-order valence-electron chi connectivity index (χ4n) is 1.87. The number of hydrogen-bond acceptors (Lipinski definition) is 0. The Hall–Kier alpha value is -0.630. The van der Waals surface area contributed by atoms with E-state index in [1.54, 1.807) is 5.71 Å². The molecule has 0 unspecified atom stereocenters. The Morgan fingerprint density at radius 1 is 1.29 bits per heavy atom. The molecule has 0 atom stereocenters. The van der Waals surface area contributed by atoms with Gasteiger partial charge in [0, 0.05) is 23.2 Å². The molecule has 1 fully saturated rings. The van der Waals surface area contributed by atoms with Crippen LogP contribution >= 0.6 is 15.9 Å². The Morgan fingerprint density at radius 3 is 2.57 bits per heavy atom. The molecule has 0 amide bonds. The Balaban J connectivity index is 2.10. The van der Waals surface area contributed by atoms with Gasteiger partial charge in [-0.25, -0.2) is 4.58 Å². The molecule has 0 bridgehead atoms. The molecule has 1 aliphatic rings. The zero-order valence-electron chi connectivity index (χ0n) is 8.63. The van der Waals surface area contributed by atoms with Crippen molar-refractivity contribution in [3.63, 3.8) is 0 Å². The van der Waals surface area contributed by atoms with Crippen molar-refractivity contribution in [2.24, 2.45) is 0 Å². The number of rotatable bonds is 1. The van der Waals surface area contributed by atoms with Gasteiger partial charge in [0.05, 0.1) is 0 Å². The third kappa shape index (κ3) is 1.90. The third-order valence-corrected chi connectivity index (χ3v) is 3.41. The molecule has 0 saturated heterocycles. The molecule has 74 valence electrons. The van der Waals surface area contributed by atoms with E-state index in [0.717, 1.165) is 5.92 Å². The first-order valence-corrected chi connectivity index (χ1v) is 5.73. The number of benzene rings is 1. The Bertz CT molecular complexity index is 370. The van der Waals surface area contributed by atoms with Crippen molar-refractivity contribution >= 4 is 21.6 Å². The quantitative estimate of drug-likeness (QED) is 0.677. The maximum absolute atomic E-state index is 3.51. The van der Waals surface area contributed by atoms with E-state index >= 15 is 0 Å². The van der Waals surface area contributed by atoms with Crippen LogP contribution in [0.5, 0.6) is 0 Å². The zero-order chi connectivity index (χ0) is 10.1. The average molecular weight is 253 g/mol.